The highest BCUT2D eigenvalue weighted by Crippen LogP contribution is 2.36. The average Bonchev–Trinajstić information content (AvgIpc) is 2.84. The Hall–Kier alpha value is -2.36. The number of aryl methyl sites for hydroxylation is 2. The predicted molar refractivity (Wildman–Crippen MR) is 79.0 cm³/mol. The van der Waals surface area contributed by atoms with Gasteiger partial charge in [-0.3, -0.25) is 10.1 Å². The molecule has 4 nitrogen and oxygen atoms in total. The minimum Gasteiger partial charge on any atom is -0.373 e. The van der Waals surface area contributed by atoms with E-state index in [9.17, 15) is 10.1 Å². The van der Waals surface area contributed by atoms with Crippen molar-refractivity contribution in [2.24, 2.45) is 0 Å². The van der Waals surface area contributed by atoms with E-state index in [1.165, 1.54) is 11.1 Å². The summed E-state index contributed by atoms with van der Waals surface area (Å²) in [4.78, 5) is 10.8. The van der Waals surface area contributed by atoms with E-state index in [4.69, 9.17) is 0 Å². The molecule has 1 N–H and O–H groups in total. The zero-order chi connectivity index (χ0) is 14.1. The molecular formula is C16H16N2O2. The lowest BCUT2D eigenvalue weighted by atomic mass is 10.1. The molecule has 0 bridgehead atoms. The van der Waals surface area contributed by atoms with E-state index in [1.807, 2.05) is 25.1 Å². The van der Waals surface area contributed by atoms with Crippen LogP contribution in [0.3, 0.4) is 0 Å². The molecule has 0 fully saturated rings. The predicted octanol–water partition coefficient (Wildman–Crippen LogP) is 4.00. The van der Waals surface area contributed by atoms with Crippen LogP contribution in [0, 0.1) is 17.0 Å². The van der Waals surface area contributed by atoms with Gasteiger partial charge in [0.05, 0.1) is 11.0 Å². The van der Waals surface area contributed by atoms with Gasteiger partial charge in [-0.25, -0.2) is 0 Å². The maximum atomic E-state index is 11.2. The van der Waals surface area contributed by atoms with Gasteiger partial charge in [0.25, 0.3) is 5.69 Å². The molecule has 0 saturated heterocycles. The fraction of sp³-hybridized carbons (Fsp3) is 0.250. The highest BCUT2D eigenvalue weighted by Gasteiger charge is 2.24. The maximum absolute atomic E-state index is 11.2. The summed E-state index contributed by atoms with van der Waals surface area (Å²) in [7, 11) is 0. The number of hydrogen-bond donors (Lipinski definition) is 1. The summed E-state index contributed by atoms with van der Waals surface area (Å²) >= 11 is 0. The van der Waals surface area contributed by atoms with Crippen LogP contribution in [0.4, 0.5) is 11.4 Å². The first-order chi connectivity index (χ1) is 9.65. The molecule has 4 heteroatoms. The Kier molecular flexibility index (Phi) is 3.14. The quantitative estimate of drug-likeness (QED) is 0.676. The van der Waals surface area contributed by atoms with Crippen molar-refractivity contribution in [3.63, 3.8) is 0 Å². The van der Waals surface area contributed by atoms with E-state index < -0.39 is 0 Å². The highest BCUT2D eigenvalue weighted by molar-refractivity contribution is 5.64. The van der Waals surface area contributed by atoms with Crippen LogP contribution in [0.25, 0.3) is 0 Å². The molecular weight excluding hydrogens is 252 g/mol. The van der Waals surface area contributed by atoms with Gasteiger partial charge in [-0.05, 0) is 42.5 Å². The number of nitro benzene ring substituents is 1. The molecule has 0 radical (unpaired) electrons. The third-order valence-corrected chi connectivity index (χ3v) is 3.81. The third-order valence-electron chi connectivity index (χ3n) is 3.81. The van der Waals surface area contributed by atoms with Gasteiger partial charge in [-0.2, -0.15) is 0 Å². The standard InChI is InChI=1S/C16H16N2O2/c1-11-6-8-15(16(10-11)18(19)20)17-14-9-7-12-4-2-3-5-13(12)14/h2-6,8,10,14,17H,7,9H2,1H3. The molecule has 1 aliphatic carbocycles. The monoisotopic (exact) mass is 268 g/mol. The van der Waals surface area contributed by atoms with Crippen LogP contribution in [-0.2, 0) is 6.42 Å². The van der Waals surface area contributed by atoms with Crippen molar-refractivity contribution in [1.82, 2.24) is 0 Å². The summed E-state index contributed by atoms with van der Waals surface area (Å²) in [5.74, 6) is 0. The van der Waals surface area contributed by atoms with E-state index in [0.717, 1.165) is 18.4 Å². The van der Waals surface area contributed by atoms with Crippen molar-refractivity contribution in [2.45, 2.75) is 25.8 Å². The molecule has 0 amide bonds. The molecule has 0 spiro atoms. The Bertz CT molecular complexity index is 667. The number of nitrogens with one attached hydrogen (secondary N) is 1. The lowest BCUT2D eigenvalue weighted by Gasteiger charge is -2.15. The summed E-state index contributed by atoms with van der Waals surface area (Å²) in [6, 6.07) is 13.7. The normalized spacial score (nSPS) is 16.8. The minimum atomic E-state index is -0.323. The van der Waals surface area contributed by atoms with E-state index in [2.05, 4.69) is 17.4 Å². The summed E-state index contributed by atoms with van der Waals surface area (Å²) in [5, 5.41) is 14.5. The number of nitro groups is 1. The Morgan fingerprint density at radius 3 is 2.85 bits per heavy atom. The third kappa shape index (κ3) is 2.25. The van der Waals surface area contributed by atoms with Crippen LogP contribution in [0.2, 0.25) is 0 Å². The van der Waals surface area contributed by atoms with Crippen LogP contribution in [0.15, 0.2) is 42.5 Å². The molecule has 0 heterocycles. The Morgan fingerprint density at radius 2 is 2.05 bits per heavy atom. The number of rotatable bonds is 3. The number of fused-ring (bicyclic) bond motifs is 1. The molecule has 0 aliphatic heterocycles. The van der Waals surface area contributed by atoms with E-state index in [0.29, 0.717) is 5.69 Å². The van der Waals surface area contributed by atoms with Gasteiger partial charge in [0.2, 0.25) is 0 Å². The number of nitrogens with zero attached hydrogens (tertiary/aromatic N) is 1. The van der Waals surface area contributed by atoms with Crippen molar-refractivity contribution in [3.8, 4) is 0 Å². The minimum absolute atomic E-state index is 0.148. The van der Waals surface area contributed by atoms with Gasteiger partial charge in [0.1, 0.15) is 5.69 Å². The van der Waals surface area contributed by atoms with Crippen molar-refractivity contribution in [3.05, 3.63) is 69.3 Å². The Morgan fingerprint density at radius 1 is 1.25 bits per heavy atom. The van der Waals surface area contributed by atoms with Gasteiger partial charge in [0, 0.05) is 6.07 Å². The summed E-state index contributed by atoms with van der Waals surface area (Å²) in [6.45, 7) is 1.86. The van der Waals surface area contributed by atoms with Crippen molar-refractivity contribution in [1.29, 1.82) is 0 Å². The molecule has 3 rings (SSSR count). The molecule has 102 valence electrons. The summed E-state index contributed by atoms with van der Waals surface area (Å²) in [6.07, 6.45) is 2.00. The first-order valence-electron chi connectivity index (χ1n) is 6.74. The molecule has 1 unspecified atom stereocenters. The van der Waals surface area contributed by atoms with Gasteiger partial charge < -0.3 is 5.32 Å². The summed E-state index contributed by atoms with van der Waals surface area (Å²) < 4.78 is 0. The Balaban J connectivity index is 1.92. The molecule has 20 heavy (non-hydrogen) atoms. The first kappa shape index (κ1) is 12.7. The largest absolute Gasteiger partial charge is 0.373 e. The number of hydrogen-bond acceptors (Lipinski definition) is 3. The number of anilines is 1. The van der Waals surface area contributed by atoms with E-state index >= 15 is 0 Å². The molecule has 2 aromatic rings. The fourth-order valence-corrected chi connectivity index (χ4v) is 2.81. The van der Waals surface area contributed by atoms with Crippen LogP contribution < -0.4 is 5.32 Å². The topological polar surface area (TPSA) is 55.2 Å². The van der Waals surface area contributed by atoms with Crippen LogP contribution in [-0.4, -0.2) is 4.92 Å². The van der Waals surface area contributed by atoms with Gasteiger partial charge in [-0.15, -0.1) is 0 Å². The van der Waals surface area contributed by atoms with Crippen molar-refractivity contribution < 1.29 is 4.92 Å². The smallest absolute Gasteiger partial charge is 0.292 e. The number of benzene rings is 2. The van der Waals surface area contributed by atoms with Crippen molar-refractivity contribution >= 4 is 11.4 Å². The van der Waals surface area contributed by atoms with Crippen LogP contribution in [0.1, 0.15) is 29.2 Å². The zero-order valence-corrected chi connectivity index (χ0v) is 11.3. The highest BCUT2D eigenvalue weighted by atomic mass is 16.6. The van der Waals surface area contributed by atoms with Crippen LogP contribution >= 0.6 is 0 Å². The van der Waals surface area contributed by atoms with Gasteiger partial charge >= 0.3 is 0 Å². The molecule has 2 aromatic carbocycles. The fourth-order valence-electron chi connectivity index (χ4n) is 2.81. The average molecular weight is 268 g/mol. The maximum Gasteiger partial charge on any atom is 0.292 e. The van der Waals surface area contributed by atoms with E-state index in [-0.39, 0.29) is 16.7 Å². The Labute approximate surface area is 117 Å². The lowest BCUT2D eigenvalue weighted by molar-refractivity contribution is -0.384. The van der Waals surface area contributed by atoms with Crippen molar-refractivity contribution in [2.75, 3.05) is 5.32 Å². The van der Waals surface area contributed by atoms with Gasteiger partial charge in [-0.1, -0.05) is 30.3 Å². The summed E-state index contributed by atoms with van der Waals surface area (Å²) in [5.41, 5.74) is 4.23. The lowest BCUT2D eigenvalue weighted by Crippen LogP contribution is -2.08. The molecule has 1 aliphatic rings. The first-order valence-corrected chi connectivity index (χ1v) is 6.74. The SMILES string of the molecule is Cc1ccc(NC2CCc3ccccc32)c([N+](=O)[O-])c1. The van der Waals surface area contributed by atoms with E-state index in [1.54, 1.807) is 12.1 Å². The molecule has 1 atom stereocenters. The second-order valence-corrected chi connectivity index (χ2v) is 5.21. The molecule has 0 saturated carbocycles. The van der Waals surface area contributed by atoms with Crippen LogP contribution in [0.5, 0.6) is 0 Å². The second kappa shape index (κ2) is 4.96. The van der Waals surface area contributed by atoms with Gasteiger partial charge in [0.15, 0.2) is 0 Å². The molecule has 0 aromatic heterocycles. The second-order valence-electron chi connectivity index (χ2n) is 5.21. The zero-order valence-electron chi connectivity index (χ0n) is 11.3.